The van der Waals surface area contributed by atoms with E-state index < -0.39 is 0 Å². The second-order valence-corrected chi connectivity index (χ2v) is 5.57. The minimum atomic E-state index is 0.0218. The summed E-state index contributed by atoms with van der Waals surface area (Å²) in [4.78, 5) is 15.7. The number of anilines is 1. The van der Waals surface area contributed by atoms with Crippen molar-refractivity contribution in [3.63, 3.8) is 0 Å². The van der Waals surface area contributed by atoms with Gasteiger partial charge in [-0.25, -0.2) is 4.79 Å². The summed E-state index contributed by atoms with van der Waals surface area (Å²) in [5.41, 5.74) is 1.81. The molecular weight excluding hydrogens is 278 g/mol. The summed E-state index contributed by atoms with van der Waals surface area (Å²) in [6.45, 7) is 2.99. The molecule has 2 saturated heterocycles. The number of para-hydroxylation sites is 1. The highest BCUT2D eigenvalue weighted by Gasteiger charge is 2.31. The topological polar surface area (TPSA) is 83.2 Å². The van der Waals surface area contributed by atoms with Gasteiger partial charge in [-0.1, -0.05) is 6.07 Å². The average Bonchev–Trinajstić information content (AvgIpc) is 3.00. The van der Waals surface area contributed by atoms with Crippen molar-refractivity contribution in [1.82, 2.24) is 10.2 Å². The zero-order valence-electron chi connectivity index (χ0n) is 12.2. The van der Waals surface area contributed by atoms with Crippen LogP contribution in [0.25, 0.3) is 0 Å². The van der Waals surface area contributed by atoms with Gasteiger partial charge < -0.3 is 15.1 Å². The van der Waals surface area contributed by atoms with Gasteiger partial charge in [0, 0.05) is 32.2 Å². The first-order chi connectivity index (χ1) is 10.7. The molecule has 0 unspecified atom stereocenters. The largest absolute Gasteiger partial charge is 0.369 e. The number of carbonyl (C=O) groups excluding carboxylic acids is 1. The first-order valence-electron chi connectivity index (χ1n) is 7.47. The van der Waals surface area contributed by atoms with Gasteiger partial charge in [0.1, 0.15) is 12.1 Å². The fourth-order valence-electron chi connectivity index (χ4n) is 3.30. The molecule has 2 aliphatic heterocycles. The average molecular weight is 295 g/mol. The maximum absolute atomic E-state index is 11.7. The summed E-state index contributed by atoms with van der Waals surface area (Å²) >= 11 is 0. The van der Waals surface area contributed by atoms with E-state index in [4.69, 9.17) is 0 Å². The predicted octanol–water partition coefficient (Wildman–Crippen LogP) is 1.42. The van der Waals surface area contributed by atoms with Crippen molar-refractivity contribution in [3.05, 3.63) is 29.3 Å². The van der Waals surface area contributed by atoms with Crippen LogP contribution in [0.5, 0.6) is 0 Å². The molecule has 0 spiro atoms. The molecule has 2 amide bonds. The zero-order chi connectivity index (χ0) is 15.5. The van der Waals surface area contributed by atoms with Crippen LogP contribution in [0.3, 0.4) is 0 Å². The molecule has 2 fully saturated rings. The zero-order valence-corrected chi connectivity index (χ0v) is 12.2. The lowest BCUT2D eigenvalue weighted by atomic mass is 10.00. The molecule has 2 aliphatic rings. The lowest BCUT2D eigenvalue weighted by Crippen LogP contribution is -2.46. The minimum Gasteiger partial charge on any atom is -0.369 e. The number of amides is 2. The molecule has 0 aromatic heterocycles. The van der Waals surface area contributed by atoms with Crippen molar-refractivity contribution in [2.24, 2.45) is 0 Å². The standard InChI is InChI=1S/C16H17N5O/c17-10-12-2-1-3-13(11-18)15(12)20-7-4-14(5-8-20)21-9-6-19-16(21)22/h1-3,14H,4-9H2,(H,19,22). The predicted molar refractivity (Wildman–Crippen MR) is 81.2 cm³/mol. The fraction of sp³-hybridized carbons (Fsp3) is 0.438. The van der Waals surface area contributed by atoms with Crippen LogP contribution >= 0.6 is 0 Å². The Morgan fingerprint density at radius 2 is 1.73 bits per heavy atom. The lowest BCUT2D eigenvalue weighted by Gasteiger charge is -2.37. The van der Waals surface area contributed by atoms with Gasteiger partial charge in [-0.2, -0.15) is 10.5 Å². The number of piperidine rings is 1. The number of carbonyl (C=O) groups is 1. The molecule has 0 radical (unpaired) electrons. The number of hydrogen-bond acceptors (Lipinski definition) is 4. The van der Waals surface area contributed by atoms with Gasteiger partial charge in [-0.3, -0.25) is 0 Å². The summed E-state index contributed by atoms with van der Waals surface area (Å²) in [6, 6.07) is 9.85. The lowest BCUT2D eigenvalue weighted by molar-refractivity contribution is 0.186. The van der Waals surface area contributed by atoms with E-state index in [1.807, 2.05) is 4.90 Å². The van der Waals surface area contributed by atoms with Gasteiger partial charge in [-0.15, -0.1) is 0 Å². The van der Waals surface area contributed by atoms with Crippen LogP contribution in [0.15, 0.2) is 18.2 Å². The molecule has 6 nitrogen and oxygen atoms in total. The van der Waals surface area contributed by atoms with E-state index in [1.54, 1.807) is 18.2 Å². The number of nitriles is 2. The number of hydrogen-bond donors (Lipinski definition) is 1. The summed E-state index contributed by atoms with van der Waals surface area (Å²) in [5, 5.41) is 21.4. The number of benzene rings is 1. The molecule has 1 aromatic rings. The molecule has 3 rings (SSSR count). The molecule has 2 heterocycles. The highest BCUT2D eigenvalue weighted by Crippen LogP contribution is 2.29. The van der Waals surface area contributed by atoms with Crippen LogP contribution in [-0.4, -0.2) is 43.2 Å². The normalized spacial score (nSPS) is 18.7. The van der Waals surface area contributed by atoms with Crippen LogP contribution < -0.4 is 10.2 Å². The Balaban J connectivity index is 1.76. The SMILES string of the molecule is N#Cc1cccc(C#N)c1N1CCC(N2CCNC2=O)CC1. The van der Waals surface area contributed by atoms with Crippen LogP contribution in [0.1, 0.15) is 24.0 Å². The third-order valence-corrected chi connectivity index (χ3v) is 4.39. The van der Waals surface area contributed by atoms with E-state index in [1.165, 1.54) is 0 Å². The van der Waals surface area contributed by atoms with Crippen molar-refractivity contribution in [3.8, 4) is 12.1 Å². The van der Waals surface area contributed by atoms with E-state index in [9.17, 15) is 15.3 Å². The Kier molecular flexibility index (Phi) is 3.84. The third-order valence-electron chi connectivity index (χ3n) is 4.39. The molecule has 0 saturated carbocycles. The van der Waals surface area contributed by atoms with E-state index >= 15 is 0 Å². The minimum absolute atomic E-state index is 0.0218. The van der Waals surface area contributed by atoms with Crippen LogP contribution in [0.4, 0.5) is 10.5 Å². The highest BCUT2D eigenvalue weighted by atomic mass is 16.2. The van der Waals surface area contributed by atoms with Gasteiger partial charge in [0.2, 0.25) is 0 Å². The molecular formula is C16H17N5O. The van der Waals surface area contributed by atoms with E-state index in [-0.39, 0.29) is 12.1 Å². The van der Waals surface area contributed by atoms with Crippen molar-refractivity contribution >= 4 is 11.7 Å². The van der Waals surface area contributed by atoms with Crippen molar-refractivity contribution in [1.29, 1.82) is 10.5 Å². The molecule has 1 aromatic carbocycles. The molecule has 1 N–H and O–H groups in total. The second kappa shape index (κ2) is 5.95. The van der Waals surface area contributed by atoms with Crippen molar-refractivity contribution in [2.75, 3.05) is 31.1 Å². The van der Waals surface area contributed by atoms with Gasteiger partial charge in [-0.05, 0) is 25.0 Å². The molecule has 112 valence electrons. The van der Waals surface area contributed by atoms with Crippen molar-refractivity contribution < 1.29 is 4.79 Å². The Hall–Kier alpha value is -2.73. The molecule has 22 heavy (non-hydrogen) atoms. The second-order valence-electron chi connectivity index (χ2n) is 5.57. The third kappa shape index (κ3) is 2.44. The Bertz CT molecular complexity index is 632. The Labute approximate surface area is 129 Å². The maximum Gasteiger partial charge on any atom is 0.317 e. The van der Waals surface area contributed by atoms with Crippen LogP contribution in [-0.2, 0) is 0 Å². The van der Waals surface area contributed by atoms with Crippen LogP contribution in [0, 0.1) is 22.7 Å². The maximum atomic E-state index is 11.7. The van der Waals surface area contributed by atoms with Gasteiger partial charge >= 0.3 is 6.03 Å². The summed E-state index contributed by atoms with van der Waals surface area (Å²) in [5.74, 6) is 0. The number of nitrogens with one attached hydrogen (secondary N) is 1. The van der Waals surface area contributed by atoms with Crippen molar-refractivity contribution in [2.45, 2.75) is 18.9 Å². The monoisotopic (exact) mass is 295 g/mol. The number of rotatable bonds is 2. The number of urea groups is 1. The summed E-state index contributed by atoms with van der Waals surface area (Å²) < 4.78 is 0. The smallest absolute Gasteiger partial charge is 0.317 e. The molecule has 0 bridgehead atoms. The van der Waals surface area contributed by atoms with Crippen LogP contribution in [0.2, 0.25) is 0 Å². The first-order valence-corrected chi connectivity index (χ1v) is 7.47. The van der Waals surface area contributed by atoms with E-state index in [0.717, 1.165) is 44.7 Å². The van der Waals surface area contributed by atoms with Gasteiger partial charge in [0.15, 0.2) is 0 Å². The Morgan fingerprint density at radius 3 is 2.23 bits per heavy atom. The number of nitrogens with zero attached hydrogens (tertiary/aromatic N) is 4. The fourth-order valence-corrected chi connectivity index (χ4v) is 3.30. The van der Waals surface area contributed by atoms with Gasteiger partial charge in [0.25, 0.3) is 0 Å². The summed E-state index contributed by atoms with van der Waals surface area (Å²) in [6.07, 6.45) is 1.72. The van der Waals surface area contributed by atoms with Gasteiger partial charge in [0.05, 0.1) is 16.8 Å². The van der Waals surface area contributed by atoms with E-state index in [2.05, 4.69) is 22.4 Å². The molecule has 0 atom stereocenters. The summed E-state index contributed by atoms with van der Waals surface area (Å²) in [7, 11) is 0. The van der Waals surface area contributed by atoms with E-state index in [0.29, 0.717) is 11.1 Å². The Morgan fingerprint density at radius 1 is 1.09 bits per heavy atom. The highest BCUT2D eigenvalue weighted by molar-refractivity contribution is 5.76. The quantitative estimate of drug-likeness (QED) is 0.894. The molecule has 0 aliphatic carbocycles. The molecule has 6 heteroatoms. The first kappa shape index (κ1) is 14.2.